The number of hydrogen-bond acceptors (Lipinski definition) is 3. The molecular weight excluding hydrogens is 226 g/mol. The molecule has 0 saturated carbocycles. The van der Waals surface area contributed by atoms with E-state index in [0.717, 1.165) is 18.7 Å². The van der Waals surface area contributed by atoms with Crippen LogP contribution < -0.4 is 5.32 Å². The van der Waals surface area contributed by atoms with Crippen LogP contribution in [0.1, 0.15) is 37.1 Å². The third kappa shape index (κ3) is 2.34. The molecular formula is C14H19N3O. The molecule has 0 spiro atoms. The second kappa shape index (κ2) is 4.98. The summed E-state index contributed by atoms with van der Waals surface area (Å²) in [6, 6.07) is 2.96. The van der Waals surface area contributed by atoms with Gasteiger partial charge in [0.25, 0.3) is 0 Å². The Bertz CT molecular complexity index is 489. The van der Waals surface area contributed by atoms with Crippen molar-refractivity contribution in [3.05, 3.63) is 42.4 Å². The second-order valence-electron chi connectivity index (χ2n) is 5.07. The van der Waals surface area contributed by atoms with Gasteiger partial charge in [0.05, 0.1) is 12.6 Å². The zero-order valence-corrected chi connectivity index (χ0v) is 10.7. The third-order valence-electron chi connectivity index (χ3n) is 3.58. The highest BCUT2D eigenvalue weighted by Gasteiger charge is 2.23. The van der Waals surface area contributed by atoms with Gasteiger partial charge < -0.3 is 14.3 Å². The normalized spacial score (nSPS) is 20.6. The number of imidazole rings is 1. The zero-order chi connectivity index (χ0) is 12.4. The highest BCUT2D eigenvalue weighted by Crippen LogP contribution is 2.30. The smallest absolute Gasteiger partial charge is 0.108 e. The number of nitrogens with one attached hydrogen (secondary N) is 1. The molecule has 96 valence electrons. The molecule has 0 radical (unpaired) electrons. The van der Waals surface area contributed by atoms with Crippen molar-refractivity contribution in [1.29, 1.82) is 0 Å². The molecule has 1 N–H and O–H groups in total. The maximum Gasteiger partial charge on any atom is 0.108 e. The number of furan rings is 1. The maximum absolute atomic E-state index is 5.52. The van der Waals surface area contributed by atoms with Crippen LogP contribution in [-0.4, -0.2) is 15.6 Å². The number of nitrogens with zero attached hydrogens (tertiary/aromatic N) is 2. The molecule has 4 heteroatoms. The van der Waals surface area contributed by atoms with E-state index in [-0.39, 0.29) is 0 Å². The highest BCUT2D eigenvalue weighted by atomic mass is 16.3. The minimum absolute atomic E-state index is 0.421. The first-order valence-corrected chi connectivity index (χ1v) is 6.61. The lowest BCUT2D eigenvalue weighted by molar-refractivity contribution is 0.362. The highest BCUT2D eigenvalue weighted by molar-refractivity contribution is 5.24. The van der Waals surface area contributed by atoms with Gasteiger partial charge in [-0.05, 0) is 25.8 Å². The minimum atomic E-state index is 0.421. The van der Waals surface area contributed by atoms with E-state index in [1.54, 1.807) is 0 Å². The number of rotatable bonds is 4. The molecule has 2 aromatic rings. The van der Waals surface area contributed by atoms with Crippen LogP contribution in [0.25, 0.3) is 0 Å². The fourth-order valence-corrected chi connectivity index (χ4v) is 2.77. The number of aryl methyl sites for hydroxylation is 1. The van der Waals surface area contributed by atoms with E-state index < -0.39 is 0 Å². The van der Waals surface area contributed by atoms with Gasteiger partial charge in [-0.15, -0.1) is 0 Å². The molecule has 0 amide bonds. The third-order valence-corrected chi connectivity index (χ3v) is 3.58. The average molecular weight is 245 g/mol. The molecule has 0 aromatic carbocycles. The first-order valence-electron chi connectivity index (χ1n) is 6.61. The summed E-state index contributed by atoms with van der Waals surface area (Å²) in [6.07, 6.45) is 11.0. The molecule has 1 aliphatic carbocycles. The maximum atomic E-state index is 5.52. The molecule has 2 heterocycles. The van der Waals surface area contributed by atoms with Gasteiger partial charge in [-0.1, -0.05) is 0 Å². The van der Waals surface area contributed by atoms with Crippen molar-refractivity contribution in [1.82, 2.24) is 14.9 Å². The summed E-state index contributed by atoms with van der Waals surface area (Å²) in [6.45, 7) is 3.16. The van der Waals surface area contributed by atoms with Crippen LogP contribution in [-0.2, 0) is 13.0 Å². The first kappa shape index (κ1) is 11.5. The van der Waals surface area contributed by atoms with Crippen molar-refractivity contribution in [3.8, 4) is 0 Å². The van der Waals surface area contributed by atoms with Crippen LogP contribution in [0.4, 0.5) is 0 Å². The second-order valence-corrected chi connectivity index (χ2v) is 5.07. The zero-order valence-electron chi connectivity index (χ0n) is 10.7. The Kier molecular flexibility index (Phi) is 3.19. The van der Waals surface area contributed by atoms with Gasteiger partial charge in [0.1, 0.15) is 5.76 Å². The fraction of sp³-hybridized carbons (Fsp3) is 0.500. The van der Waals surface area contributed by atoms with Gasteiger partial charge in [0, 0.05) is 43.0 Å². The molecule has 2 atom stereocenters. The van der Waals surface area contributed by atoms with Crippen molar-refractivity contribution in [3.63, 3.8) is 0 Å². The topological polar surface area (TPSA) is 43.0 Å². The molecule has 3 rings (SSSR count). The van der Waals surface area contributed by atoms with Crippen LogP contribution in [0, 0.1) is 0 Å². The summed E-state index contributed by atoms with van der Waals surface area (Å²) >= 11 is 0. The largest absolute Gasteiger partial charge is 0.469 e. The molecule has 18 heavy (non-hydrogen) atoms. The number of hydrogen-bond donors (Lipinski definition) is 1. The van der Waals surface area contributed by atoms with Gasteiger partial charge in [-0.2, -0.15) is 0 Å². The number of fused-ring (bicyclic) bond motifs is 1. The van der Waals surface area contributed by atoms with E-state index in [1.807, 2.05) is 25.0 Å². The van der Waals surface area contributed by atoms with Gasteiger partial charge in [-0.25, -0.2) is 4.98 Å². The van der Waals surface area contributed by atoms with E-state index in [1.165, 1.54) is 18.4 Å². The predicted molar refractivity (Wildman–Crippen MR) is 69.2 cm³/mol. The first-order chi connectivity index (χ1) is 8.83. The standard InChI is InChI=1S/C14H19N3O/c1-11(9-17-7-6-15-10-17)16-13-3-2-4-14-12(13)5-8-18-14/h5-8,10-11,13,16H,2-4,9H2,1H3. The molecule has 2 unspecified atom stereocenters. The van der Waals surface area contributed by atoms with Crippen LogP contribution in [0.15, 0.2) is 35.5 Å². The van der Waals surface area contributed by atoms with Gasteiger partial charge in [-0.3, -0.25) is 0 Å². The summed E-state index contributed by atoms with van der Waals surface area (Å²) in [5, 5.41) is 3.69. The Morgan fingerprint density at radius 2 is 2.56 bits per heavy atom. The van der Waals surface area contributed by atoms with Gasteiger partial charge in [0.2, 0.25) is 0 Å². The molecule has 0 fully saturated rings. The van der Waals surface area contributed by atoms with Crippen LogP contribution in [0.3, 0.4) is 0 Å². The Hall–Kier alpha value is -1.55. The molecule has 2 aromatic heterocycles. The van der Waals surface area contributed by atoms with Gasteiger partial charge >= 0.3 is 0 Å². The van der Waals surface area contributed by atoms with E-state index in [9.17, 15) is 0 Å². The van der Waals surface area contributed by atoms with Crippen molar-refractivity contribution in [2.45, 2.75) is 44.8 Å². The molecule has 4 nitrogen and oxygen atoms in total. The fourth-order valence-electron chi connectivity index (χ4n) is 2.77. The Labute approximate surface area is 107 Å². The lowest BCUT2D eigenvalue weighted by atomic mass is 9.93. The summed E-state index contributed by atoms with van der Waals surface area (Å²) < 4.78 is 7.63. The van der Waals surface area contributed by atoms with Crippen LogP contribution in [0.2, 0.25) is 0 Å². The minimum Gasteiger partial charge on any atom is -0.469 e. The van der Waals surface area contributed by atoms with Crippen molar-refractivity contribution >= 4 is 0 Å². The number of aromatic nitrogens is 2. The molecule has 0 bridgehead atoms. The quantitative estimate of drug-likeness (QED) is 0.900. The van der Waals surface area contributed by atoms with E-state index >= 15 is 0 Å². The predicted octanol–water partition coefficient (Wildman–Crippen LogP) is 2.53. The van der Waals surface area contributed by atoms with E-state index in [0.29, 0.717) is 12.1 Å². The Morgan fingerprint density at radius 3 is 3.39 bits per heavy atom. The monoisotopic (exact) mass is 245 g/mol. The molecule has 1 aliphatic rings. The van der Waals surface area contributed by atoms with Crippen molar-refractivity contribution < 1.29 is 4.42 Å². The summed E-state index contributed by atoms with van der Waals surface area (Å²) in [5.41, 5.74) is 1.35. The van der Waals surface area contributed by atoms with Crippen LogP contribution >= 0.6 is 0 Å². The van der Waals surface area contributed by atoms with E-state index in [4.69, 9.17) is 4.42 Å². The molecule has 0 saturated heterocycles. The Balaban J connectivity index is 1.64. The lowest BCUT2D eigenvalue weighted by Gasteiger charge is -2.26. The van der Waals surface area contributed by atoms with Gasteiger partial charge in [0.15, 0.2) is 0 Å². The average Bonchev–Trinajstić information content (AvgIpc) is 2.99. The Morgan fingerprint density at radius 1 is 1.61 bits per heavy atom. The van der Waals surface area contributed by atoms with Crippen molar-refractivity contribution in [2.75, 3.05) is 0 Å². The molecule has 0 aliphatic heterocycles. The summed E-state index contributed by atoms with van der Waals surface area (Å²) in [7, 11) is 0. The summed E-state index contributed by atoms with van der Waals surface area (Å²) in [4.78, 5) is 4.07. The summed E-state index contributed by atoms with van der Waals surface area (Å²) in [5.74, 6) is 1.16. The van der Waals surface area contributed by atoms with Crippen LogP contribution in [0.5, 0.6) is 0 Å². The van der Waals surface area contributed by atoms with Crippen molar-refractivity contribution in [2.24, 2.45) is 0 Å². The lowest BCUT2D eigenvalue weighted by Crippen LogP contribution is -2.35. The van der Waals surface area contributed by atoms with E-state index in [2.05, 4.69) is 27.9 Å². The SMILES string of the molecule is CC(Cn1ccnc1)NC1CCCc2occc21.